The molecule has 2 aliphatic carbocycles. The minimum atomic E-state index is 0. The SMILES string of the molecule is Cl.Cl.NCCCC(=O)N1CCN(C2CC3CCC2C3)CC1. The van der Waals surface area contributed by atoms with Gasteiger partial charge in [0.05, 0.1) is 0 Å². The van der Waals surface area contributed by atoms with Crippen molar-refractivity contribution in [2.75, 3.05) is 32.7 Å². The lowest BCUT2D eigenvalue weighted by molar-refractivity contribution is -0.133. The number of nitrogens with zero attached hydrogens (tertiary/aromatic N) is 2. The number of halogens is 2. The van der Waals surface area contributed by atoms with Crippen LogP contribution in [0.15, 0.2) is 0 Å². The lowest BCUT2D eigenvalue weighted by Crippen LogP contribution is -2.53. The third-order valence-electron chi connectivity index (χ3n) is 5.43. The van der Waals surface area contributed by atoms with Gasteiger partial charge in [0.2, 0.25) is 5.91 Å². The van der Waals surface area contributed by atoms with Gasteiger partial charge in [-0.15, -0.1) is 24.8 Å². The number of carbonyl (C=O) groups excluding carboxylic acids is 1. The predicted octanol–water partition coefficient (Wildman–Crippen LogP) is 1.90. The fourth-order valence-electron chi connectivity index (χ4n) is 4.37. The molecule has 2 N–H and O–H groups in total. The molecule has 0 aromatic carbocycles. The van der Waals surface area contributed by atoms with E-state index in [2.05, 4.69) is 4.90 Å². The monoisotopic (exact) mass is 337 g/mol. The van der Waals surface area contributed by atoms with Crippen LogP contribution in [-0.4, -0.2) is 54.5 Å². The van der Waals surface area contributed by atoms with Crippen LogP contribution in [0.3, 0.4) is 0 Å². The maximum Gasteiger partial charge on any atom is 0.222 e. The summed E-state index contributed by atoms with van der Waals surface area (Å²) in [5.74, 6) is 2.28. The third-order valence-corrected chi connectivity index (χ3v) is 5.43. The number of piperazine rings is 1. The molecule has 6 heteroatoms. The van der Waals surface area contributed by atoms with Crippen LogP contribution in [0.25, 0.3) is 0 Å². The van der Waals surface area contributed by atoms with Crippen LogP contribution in [0, 0.1) is 11.8 Å². The Morgan fingerprint density at radius 1 is 1.05 bits per heavy atom. The highest BCUT2D eigenvalue weighted by atomic mass is 35.5. The van der Waals surface area contributed by atoms with Gasteiger partial charge in [0, 0.05) is 38.6 Å². The normalized spacial score (nSPS) is 31.7. The van der Waals surface area contributed by atoms with E-state index in [1.807, 2.05) is 4.90 Å². The van der Waals surface area contributed by atoms with Gasteiger partial charge in [-0.05, 0) is 44.1 Å². The zero-order chi connectivity index (χ0) is 13.2. The zero-order valence-electron chi connectivity index (χ0n) is 12.7. The second kappa shape index (κ2) is 8.56. The summed E-state index contributed by atoms with van der Waals surface area (Å²) < 4.78 is 0. The smallest absolute Gasteiger partial charge is 0.222 e. The van der Waals surface area contributed by atoms with E-state index in [1.165, 1.54) is 25.7 Å². The Bertz CT molecular complexity index is 335. The Labute approximate surface area is 140 Å². The van der Waals surface area contributed by atoms with E-state index in [1.54, 1.807) is 0 Å². The summed E-state index contributed by atoms with van der Waals surface area (Å²) in [7, 11) is 0. The van der Waals surface area contributed by atoms with E-state index in [-0.39, 0.29) is 24.8 Å². The van der Waals surface area contributed by atoms with Crippen molar-refractivity contribution in [2.45, 2.75) is 44.6 Å². The highest BCUT2D eigenvalue weighted by Gasteiger charge is 2.42. The van der Waals surface area contributed by atoms with E-state index in [0.717, 1.165) is 50.5 Å². The summed E-state index contributed by atoms with van der Waals surface area (Å²) >= 11 is 0. The summed E-state index contributed by atoms with van der Waals surface area (Å²) in [5.41, 5.74) is 5.47. The van der Waals surface area contributed by atoms with Crippen molar-refractivity contribution < 1.29 is 4.79 Å². The van der Waals surface area contributed by atoms with Gasteiger partial charge in [0.15, 0.2) is 0 Å². The molecule has 4 nitrogen and oxygen atoms in total. The van der Waals surface area contributed by atoms with E-state index in [4.69, 9.17) is 5.73 Å². The molecule has 2 saturated carbocycles. The van der Waals surface area contributed by atoms with Crippen molar-refractivity contribution in [1.29, 1.82) is 0 Å². The first kappa shape index (κ1) is 19.0. The number of carbonyl (C=O) groups is 1. The number of hydrogen-bond donors (Lipinski definition) is 1. The summed E-state index contributed by atoms with van der Waals surface area (Å²) in [6.45, 7) is 4.65. The standard InChI is InChI=1S/C15H27N3O.2ClH/c16-5-1-2-15(19)18-8-6-17(7-9-18)14-11-12-3-4-13(14)10-12;;/h12-14H,1-11,16H2;2*1H. The quantitative estimate of drug-likeness (QED) is 0.852. The van der Waals surface area contributed by atoms with Crippen molar-refractivity contribution >= 4 is 30.7 Å². The lowest BCUT2D eigenvalue weighted by Gasteiger charge is -2.41. The number of amides is 1. The lowest BCUT2D eigenvalue weighted by atomic mass is 9.93. The first-order valence-corrected chi connectivity index (χ1v) is 8.00. The number of hydrogen-bond acceptors (Lipinski definition) is 3. The molecule has 21 heavy (non-hydrogen) atoms. The maximum absolute atomic E-state index is 12.0. The Balaban J connectivity index is 0.00000110. The molecular formula is C15H29Cl2N3O. The van der Waals surface area contributed by atoms with Crippen molar-refractivity contribution in [3.8, 4) is 0 Å². The first-order chi connectivity index (χ1) is 9.28. The Kier molecular flexibility index (Phi) is 7.75. The molecule has 3 fully saturated rings. The van der Waals surface area contributed by atoms with Gasteiger partial charge < -0.3 is 10.6 Å². The molecule has 124 valence electrons. The maximum atomic E-state index is 12.0. The summed E-state index contributed by atoms with van der Waals surface area (Å²) in [4.78, 5) is 16.7. The molecule has 3 rings (SSSR count). The van der Waals surface area contributed by atoms with Gasteiger partial charge in [0.1, 0.15) is 0 Å². The van der Waals surface area contributed by atoms with Crippen LogP contribution in [0.5, 0.6) is 0 Å². The molecule has 1 saturated heterocycles. The number of rotatable bonds is 4. The fraction of sp³-hybridized carbons (Fsp3) is 0.933. The Morgan fingerprint density at radius 2 is 1.76 bits per heavy atom. The molecule has 2 bridgehead atoms. The minimum Gasteiger partial charge on any atom is -0.340 e. The number of nitrogens with two attached hydrogens (primary N) is 1. The highest BCUT2D eigenvalue weighted by Crippen LogP contribution is 2.46. The number of fused-ring (bicyclic) bond motifs is 2. The van der Waals surface area contributed by atoms with E-state index in [9.17, 15) is 4.79 Å². The van der Waals surface area contributed by atoms with Crippen LogP contribution in [0.2, 0.25) is 0 Å². The van der Waals surface area contributed by atoms with Crippen LogP contribution in [0.1, 0.15) is 38.5 Å². The van der Waals surface area contributed by atoms with Gasteiger partial charge >= 0.3 is 0 Å². The molecule has 1 amide bonds. The Morgan fingerprint density at radius 3 is 2.29 bits per heavy atom. The predicted molar refractivity (Wildman–Crippen MR) is 90.2 cm³/mol. The second-order valence-corrected chi connectivity index (χ2v) is 6.55. The fourth-order valence-corrected chi connectivity index (χ4v) is 4.37. The first-order valence-electron chi connectivity index (χ1n) is 8.00. The zero-order valence-corrected chi connectivity index (χ0v) is 14.3. The van der Waals surface area contributed by atoms with Crippen LogP contribution < -0.4 is 5.73 Å². The third kappa shape index (κ3) is 4.25. The van der Waals surface area contributed by atoms with Crippen molar-refractivity contribution in [3.05, 3.63) is 0 Å². The van der Waals surface area contributed by atoms with Gasteiger partial charge in [-0.25, -0.2) is 0 Å². The molecule has 0 aromatic heterocycles. The highest BCUT2D eigenvalue weighted by molar-refractivity contribution is 5.85. The summed E-state index contributed by atoms with van der Waals surface area (Å²) in [6.07, 6.45) is 7.27. The molecule has 0 aromatic rings. The van der Waals surface area contributed by atoms with Gasteiger partial charge in [-0.1, -0.05) is 6.42 Å². The van der Waals surface area contributed by atoms with E-state index < -0.39 is 0 Å². The largest absolute Gasteiger partial charge is 0.340 e. The second-order valence-electron chi connectivity index (χ2n) is 6.55. The van der Waals surface area contributed by atoms with Crippen molar-refractivity contribution in [3.63, 3.8) is 0 Å². The average molecular weight is 338 g/mol. The van der Waals surface area contributed by atoms with Crippen LogP contribution >= 0.6 is 24.8 Å². The molecule has 1 aliphatic heterocycles. The molecule has 3 aliphatic rings. The van der Waals surface area contributed by atoms with Gasteiger partial charge in [-0.2, -0.15) is 0 Å². The minimum absolute atomic E-state index is 0. The molecule has 1 heterocycles. The molecule has 3 unspecified atom stereocenters. The Hall–Kier alpha value is -0.0300. The average Bonchev–Trinajstić information content (AvgIpc) is 3.07. The molecule has 3 atom stereocenters. The molecule has 0 spiro atoms. The van der Waals surface area contributed by atoms with E-state index >= 15 is 0 Å². The van der Waals surface area contributed by atoms with Gasteiger partial charge in [-0.3, -0.25) is 9.69 Å². The molecular weight excluding hydrogens is 309 g/mol. The summed E-state index contributed by atoms with van der Waals surface area (Å²) in [5, 5.41) is 0. The topological polar surface area (TPSA) is 49.6 Å². The van der Waals surface area contributed by atoms with Crippen LogP contribution in [-0.2, 0) is 4.79 Å². The van der Waals surface area contributed by atoms with Crippen LogP contribution in [0.4, 0.5) is 0 Å². The van der Waals surface area contributed by atoms with Gasteiger partial charge in [0.25, 0.3) is 0 Å². The van der Waals surface area contributed by atoms with Crippen molar-refractivity contribution in [1.82, 2.24) is 9.80 Å². The molecule has 0 radical (unpaired) electrons. The van der Waals surface area contributed by atoms with Crippen molar-refractivity contribution in [2.24, 2.45) is 17.6 Å². The van der Waals surface area contributed by atoms with E-state index in [0.29, 0.717) is 18.9 Å². The summed E-state index contributed by atoms with van der Waals surface area (Å²) in [6, 6.07) is 0.833.